The van der Waals surface area contributed by atoms with E-state index in [4.69, 9.17) is 4.74 Å². The van der Waals surface area contributed by atoms with Crippen molar-refractivity contribution in [3.05, 3.63) is 29.8 Å². The predicted octanol–water partition coefficient (Wildman–Crippen LogP) is 4.18. The summed E-state index contributed by atoms with van der Waals surface area (Å²) in [7, 11) is 1.83. The van der Waals surface area contributed by atoms with Crippen LogP contribution in [0.2, 0.25) is 0 Å². The lowest BCUT2D eigenvalue weighted by atomic mass is 9.92. The zero-order valence-corrected chi connectivity index (χ0v) is 11.8. The number of ether oxygens (including phenoxy) is 1. The van der Waals surface area contributed by atoms with E-state index in [0.717, 1.165) is 0 Å². The second-order valence-corrected chi connectivity index (χ2v) is 5.59. The minimum Gasteiger partial charge on any atom is -0.380 e. The number of methoxy groups -OCH3 is 1. The van der Waals surface area contributed by atoms with E-state index in [2.05, 4.69) is 43.4 Å². The van der Waals surface area contributed by atoms with Crippen LogP contribution in [0.25, 0.3) is 0 Å². The van der Waals surface area contributed by atoms with Crippen LogP contribution in [-0.4, -0.2) is 19.3 Å². The van der Waals surface area contributed by atoms with Crippen molar-refractivity contribution >= 4 is 5.69 Å². The van der Waals surface area contributed by atoms with Gasteiger partial charge in [0.2, 0.25) is 0 Å². The molecule has 2 rings (SSSR count). The van der Waals surface area contributed by atoms with E-state index in [0.29, 0.717) is 18.1 Å². The first kappa shape index (κ1) is 13.4. The Kier molecular flexibility index (Phi) is 4.65. The van der Waals surface area contributed by atoms with Gasteiger partial charge in [-0.05, 0) is 36.5 Å². The number of benzene rings is 1. The normalized spacial score (nSPS) is 24.2. The molecule has 1 aromatic rings. The van der Waals surface area contributed by atoms with Crippen molar-refractivity contribution in [3.63, 3.8) is 0 Å². The summed E-state index contributed by atoms with van der Waals surface area (Å²) in [4.78, 5) is 0. The van der Waals surface area contributed by atoms with Gasteiger partial charge in [0.25, 0.3) is 0 Å². The highest BCUT2D eigenvalue weighted by molar-refractivity contribution is 5.46. The molecule has 18 heavy (non-hydrogen) atoms. The summed E-state index contributed by atoms with van der Waals surface area (Å²) in [5.41, 5.74) is 2.61. The number of anilines is 1. The summed E-state index contributed by atoms with van der Waals surface area (Å²) in [6, 6.07) is 9.29. The molecule has 1 saturated carbocycles. The van der Waals surface area contributed by atoms with Gasteiger partial charge in [-0.1, -0.05) is 38.8 Å². The number of rotatable bonds is 4. The molecule has 2 atom stereocenters. The third-order valence-corrected chi connectivity index (χ3v) is 3.93. The molecular weight excluding hydrogens is 222 g/mol. The van der Waals surface area contributed by atoms with Crippen LogP contribution in [-0.2, 0) is 4.74 Å². The molecule has 2 nitrogen and oxygen atoms in total. The maximum Gasteiger partial charge on any atom is 0.0772 e. The molecule has 100 valence electrons. The quantitative estimate of drug-likeness (QED) is 0.861. The average molecular weight is 247 g/mol. The van der Waals surface area contributed by atoms with Gasteiger partial charge in [-0.15, -0.1) is 0 Å². The maximum absolute atomic E-state index is 5.58. The van der Waals surface area contributed by atoms with E-state index < -0.39 is 0 Å². The smallest absolute Gasteiger partial charge is 0.0772 e. The van der Waals surface area contributed by atoms with E-state index in [1.165, 1.54) is 36.9 Å². The Bertz CT molecular complexity index is 358. The summed E-state index contributed by atoms with van der Waals surface area (Å²) in [5, 5.41) is 3.62. The molecule has 0 aromatic heterocycles. The Hall–Kier alpha value is -1.02. The summed E-state index contributed by atoms with van der Waals surface area (Å²) in [5.74, 6) is 0.598. The molecule has 0 heterocycles. The summed E-state index contributed by atoms with van der Waals surface area (Å²) in [6.07, 6.45) is 5.36. The number of hydrogen-bond acceptors (Lipinski definition) is 2. The largest absolute Gasteiger partial charge is 0.380 e. The highest BCUT2D eigenvalue weighted by Gasteiger charge is 2.24. The summed E-state index contributed by atoms with van der Waals surface area (Å²) >= 11 is 0. The molecule has 2 heteroatoms. The average Bonchev–Trinajstić information content (AvgIpc) is 2.40. The molecule has 0 radical (unpaired) electrons. The minimum absolute atomic E-state index is 0.364. The van der Waals surface area contributed by atoms with E-state index in [-0.39, 0.29) is 0 Å². The van der Waals surface area contributed by atoms with Crippen LogP contribution in [0.3, 0.4) is 0 Å². The van der Waals surface area contributed by atoms with Gasteiger partial charge in [0, 0.05) is 12.8 Å². The molecule has 1 aliphatic rings. The van der Waals surface area contributed by atoms with E-state index in [9.17, 15) is 0 Å². The molecule has 1 aromatic carbocycles. The predicted molar refractivity (Wildman–Crippen MR) is 77.2 cm³/mol. The molecular formula is C16H25NO. The fraction of sp³-hybridized carbons (Fsp3) is 0.625. The zero-order valence-electron chi connectivity index (χ0n) is 11.8. The topological polar surface area (TPSA) is 21.3 Å². The molecule has 0 saturated heterocycles. The van der Waals surface area contributed by atoms with Crippen LogP contribution in [0.1, 0.15) is 51.0 Å². The van der Waals surface area contributed by atoms with Gasteiger partial charge in [-0.2, -0.15) is 0 Å². The van der Waals surface area contributed by atoms with Gasteiger partial charge in [0.15, 0.2) is 0 Å². The monoisotopic (exact) mass is 247 g/mol. The maximum atomic E-state index is 5.58. The van der Waals surface area contributed by atoms with Crippen LogP contribution in [0.5, 0.6) is 0 Å². The lowest BCUT2D eigenvalue weighted by Gasteiger charge is -2.31. The Balaban J connectivity index is 1.99. The van der Waals surface area contributed by atoms with Crippen molar-refractivity contribution in [2.45, 2.75) is 57.6 Å². The third kappa shape index (κ3) is 3.26. The van der Waals surface area contributed by atoms with Crippen molar-refractivity contribution in [1.29, 1.82) is 0 Å². The van der Waals surface area contributed by atoms with Crippen LogP contribution in [0, 0.1) is 0 Å². The first-order chi connectivity index (χ1) is 8.70. The fourth-order valence-corrected chi connectivity index (χ4v) is 2.72. The van der Waals surface area contributed by atoms with Crippen molar-refractivity contribution in [2.75, 3.05) is 12.4 Å². The molecule has 0 amide bonds. The highest BCUT2D eigenvalue weighted by atomic mass is 16.5. The van der Waals surface area contributed by atoms with Gasteiger partial charge >= 0.3 is 0 Å². The summed E-state index contributed by atoms with van der Waals surface area (Å²) < 4.78 is 5.58. The lowest BCUT2D eigenvalue weighted by molar-refractivity contribution is 0.0606. The Morgan fingerprint density at radius 1 is 1.11 bits per heavy atom. The van der Waals surface area contributed by atoms with Gasteiger partial charge in [0.1, 0.15) is 0 Å². The van der Waals surface area contributed by atoms with Crippen LogP contribution >= 0.6 is 0 Å². The molecule has 1 aliphatic carbocycles. The van der Waals surface area contributed by atoms with Crippen molar-refractivity contribution in [3.8, 4) is 0 Å². The van der Waals surface area contributed by atoms with Crippen LogP contribution in [0.4, 0.5) is 5.69 Å². The number of nitrogens with one attached hydrogen (secondary N) is 1. The number of hydrogen-bond donors (Lipinski definition) is 1. The van der Waals surface area contributed by atoms with Gasteiger partial charge in [-0.3, -0.25) is 0 Å². The molecule has 1 N–H and O–H groups in total. The third-order valence-electron chi connectivity index (χ3n) is 3.93. The van der Waals surface area contributed by atoms with Crippen LogP contribution < -0.4 is 5.32 Å². The minimum atomic E-state index is 0.364. The van der Waals surface area contributed by atoms with Gasteiger partial charge in [0.05, 0.1) is 12.1 Å². The lowest BCUT2D eigenvalue weighted by Crippen LogP contribution is -2.37. The second kappa shape index (κ2) is 6.24. The first-order valence-electron chi connectivity index (χ1n) is 7.10. The molecule has 0 spiro atoms. The molecule has 1 fully saturated rings. The van der Waals surface area contributed by atoms with E-state index >= 15 is 0 Å². The Labute approximate surface area is 111 Å². The van der Waals surface area contributed by atoms with Crippen molar-refractivity contribution in [1.82, 2.24) is 0 Å². The second-order valence-electron chi connectivity index (χ2n) is 5.59. The van der Waals surface area contributed by atoms with Crippen LogP contribution in [0.15, 0.2) is 24.3 Å². The fourth-order valence-electron chi connectivity index (χ4n) is 2.72. The van der Waals surface area contributed by atoms with E-state index in [1.807, 2.05) is 7.11 Å². The highest BCUT2D eigenvalue weighted by Crippen LogP contribution is 2.25. The molecule has 0 bridgehead atoms. The molecule has 2 unspecified atom stereocenters. The zero-order chi connectivity index (χ0) is 13.0. The standard InChI is InChI=1S/C16H25NO/c1-12(2)13-8-10-14(11-9-13)17-15-6-4-5-7-16(15)18-3/h8-12,15-17H,4-7H2,1-3H3. The van der Waals surface area contributed by atoms with Crippen molar-refractivity contribution in [2.24, 2.45) is 0 Å². The SMILES string of the molecule is COC1CCCCC1Nc1ccc(C(C)C)cc1. The molecule has 0 aliphatic heterocycles. The Morgan fingerprint density at radius 2 is 1.78 bits per heavy atom. The van der Waals surface area contributed by atoms with E-state index in [1.54, 1.807) is 0 Å². The first-order valence-corrected chi connectivity index (χ1v) is 7.10. The summed E-state index contributed by atoms with van der Waals surface area (Å²) in [6.45, 7) is 4.45. The van der Waals surface area contributed by atoms with Gasteiger partial charge < -0.3 is 10.1 Å². The van der Waals surface area contributed by atoms with Gasteiger partial charge in [-0.25, -0.2) is 0 Å². The van der Waals surface area contributed by atoms with Crippen molar-refractivity contribution < 1.29 is 4.74 Å². The Morgan fingerprint density at radius 3 is 2.39 bits per heavy atom.